The van der Waals surface area contributed by atoms with Crippen LogP contribution in [0.15, 0.2) is 140 Å². The zero-order chi connectivity index (χ0) is 38.8. The number of alkyl halides is 6. The van der Waals surface area contributed by atoms with Crippen LogP contribution in [0.5, 0.6) is 0 Å². The molecule has 0 bridgehead atoms. The number of halogens is 10. The van der Waals surface area contributed by atoms with Gasteiger partial charge in [-0.3, -0.25) is 0 Å². The van der Waals surface area contributed by atoms with Gasteiger partial charge in [0.15, 0.2) is 0 Å². The van der Waals surface area contributed by atoms with E-state index in [2.05, 4.69) is 0 Å². The van der Waals surface area contributed by atoms with Gasteiger partial charge in [-0.05, 0) is 118 Å². The Hall–Kier alpha value is -6.36. The fraction of sp³-hybridized carbons (Fsp3) is 0.0455. The van der Waals surface area contributed by atoms with Crippen molar-refractivity contribution in [2.45, 2.75) is 12.4 Å². The first-order valence-corrected chi connectivity index (χ1v) is 16.6. The van der Waals surface area contributed by atoms with Crippen LogP contribution in [-0.2, 0) is 12.4 Å². The molecule has 0 spiro atoms. The maximum Gasteiger partial charge on any atom is 0.416 e. The molecule has 1 heterocycles. The molecule has 8 aromatic rings. The summed E-state index contributed by atoms with van der Waals surface area (Å²) in [5.74, 6) is -3.10. The van der Waals surface area contributed by atoms with Gasteiger partial charge >= 0.3 is 12.4 Å². The Balaban J connectivity index is 1.34. The molecule has 1 aromatic heterocycles. The first kappa shape index (κ1) is 35.7. The molecule has 0 atom stereocenters. The SMILES string of the molecule is Fc1cc(F)cc(-c2ccc3c(c2)c2cc(-c4cc(F)cc(F)c4)ccc2n3-c2ccccc2-c2cccc(-c3cc(C(F)(F)F)cc(C(F)(F)F)c3)c2)c1. The van der Waals surface area contributed by atoms with Gasteiger partial charge in [0.05, 0.1) is 27.8 Å². The van der Waals surface area contributed by atoms with Crippen LogP contribution in [-0.4, -0.2) is 4.57 Å². The Morgan fingerprint density at radius 3 is 1.27 bits per heavy atom. The van der Waals surface area contributed by atoms with E-state index in [-0.39, 0.29) is 28.3 Å². The lowest BCUT2D eigenvalue weighted by Crippen LogP contribution is -2.11. The predicted molar refractivity (Wildman–Crippen MR) is 192 cm³/mol. The average Bonchev–Trinajstić information content (AvgIpc) is 3.46. The molecule has 274 valence electrons. The largest absolute Gasteiger partial charge is 0.416 e. The number of nitrogens with zero attached hydrogens (tertiary/aromatic N) is 1. The first-order valence-electron chi connectivity index (χ1n) is 16.6. The van der Waals surface area contributed by atoms with Crippen molar-refractivity contribution in [1.82, 2.24) is 4.57 Å². The molecule has 0 unspecified atom stereocenters. The third-order valence-electron chi connectivity index (χ3n) is 9.40. The second-order valence-electron chi connectivity index (χ2n) is 13.0. The Kier molecular flexibility index (Phi) is 8.55. The molecule has 0 aliphatic carbocycles. The van der Waals surface area contributed by atoms with Gasteiger partial charge in [-0.25, -0.2) is 17.6 Å². The lowest BCUT2D eigenvalue weighted by Gasteiger charge is -2.16. The van der Waals surface area contributed by atoms with Crippen molar-refractivity contribution in [1.29, 1.82) is 0 Å². The number of hydrogen-bond donors (Lipinski definition) is 0. The Morgan fingerprint density at radius 1 is 0.345 bits per heavy atom. The smallest absolute Gasteiger partial charge is 0.309 e. The van der Waals surface area contributed by atoms with Crippen LogP contribution < -0.4 is 0 Å². The molecule has 0 saturated heterocycles. The van der Waals surface area contributed by atoms with Gasteiger partial charge in [0.1, 0.15) is 23.3 Å². The molecule has 1 nitrogen and oxygen atoms in total. The summed E-state index contributed by atoms with van der Waals surface area (Å²) in [6, 6.07) is 31.3. The highest BCUT2D eigenvalue weighted by atomic mass is 19.4. The third-order valence-corrected chi connectivity index (χ3v) is 9.40. The van der Waals surface area contributed by atoms with Crippen LogP contribution >= 0.6 is 0 Å². The van der Waals surface area contributed by atoms with E-state index in [0.717, 1.165) is 12.1 Å². The number of rotatable bonds is 5. The number of fused-ring (bicyclic) bond motifs is 3. The van der Waals surface area contributed by atoms with E-state index >= 15 is 0 Å². The normalized spacial score (nSPS) is 12.2. The molecule has 0 radical (unpaired) electrons. The summed E-state index contributed by atoms with van der Waals surface area (Å²) in [5, 5.41) is 1.23. The number of benzene rings is 7. The molecular weight excluding hydrogens is 732 g/mol. The van der Waals surface area contributed by atoms with Crippen LogP contribution in [0, 0.1) is 23.3 Å². The van der Waals surface area contributed by atoms with E-state index < -0.39 is 46.7 Å². The summed E-state index contributed by atoms with van der Waals surface area (Å²) in [4.78, 5) is 0. The van der Waals surface area contributed by atoms with Gasteiger partial charge in [-0.15, -0.1) is 0 Å². The summed E-state index contributed by atoms with van der Waals surface area (Å²) in [6.45, 7) is 0. The summed E-state index contributed by atoms with van der Waals surface area (Å²) in [6.07, 6.45) is -10.1. The van der Waals surface area contributed by atoms with Crippen molar-refractivity contribution in [2.24, 2.45) is 0 Å². The van der Waals surface area contributed by atoms with Gasteiger partial charge < -0.3 is 4.57 Å². The van der Waals surface area contributed by atoms with E-state index in [9.17, 15) is 43.9 Å². The van der Waals surface area contributed by atoms with Crippen LogP contribution in [0.25, 0.3) is 72.0 Å². The van der Waals surface area contributed by atoms with Crippen molar-refractivity contribution >= 4 is 21.8 Å². The molecule has 0 amide bonds. The number of para-hydroxylation sites is 1. The molecule has 7 aromatic carbocycles. The molecule has 0 fully saturated rings. The van der Waals surface area contributed by atoms with Crippen molar-refractivity contribution in [2.75, 3.05) is 0 Å². The zero-order valence-corrected chi connectivity index (χ0v) is 28.0. The van der Waals surface area contributed by atoms with Gasteiger partial charge in [0.25, 0.3) is 0 Å². The minimum atomic E-state index is -5.03. The summed E-state index contributed by atoms with van der Waals surface area (Å²) in [7, 11) is 0. The molecule has 8 rings (SSSR count). The maximum absolute atomic E-state index is 14.3. The van der Waals surface area contributed by atoms with Crippen molar-refractivity contribution in [3.63, 3.8) is 0 Å². The first-order chi connectivity index (χ1) is 26.1. The summed E-state index contributed by atoms with van der Waals surface area (Å²) < 4.78 is 141. The Morgan fingerprint density at radius 2 is 0.782 bits per heavy atom. The standard InChI is InChI=1S/C44H23F10N/c45-33-15-29(16-34(46)22-33)25-8-10-41-38(19-25)39-20-26(30-17-35(47)23-36(48)18-30)9-11-42(39)55(41)40-7-2-1-6-37(40)27-5-3-4-24(12-27)28-13-31(43(49,50)51)21-32(14-28)44(52,53)54/h1-23H. The van der Waals surface area contributed by atoms with Crippen LogP contribution in [0.1, 0.15) is 11.1 Å². The van der Waals surface area contributed by atoms with Crippen molar-refractivity contribution in [3.05, 3.63) is 174 Å². The van der Waals surface area contributed by atoms with E-state index in [1.807, 2.05) is 4.57 Å². The molecule has 11 heteroatoms. The zero-order valence-electron chi connectivity index (χ0n) is 28.0. The van der Waals surface area contributed by atoms with E-state index in [0.29, 0.717) is 61.9 Å². The van der Waals surface area contributed by atoms with E-state index in [4.69, 9.17) is 0 Å². The minimum absolute atomic E-state index is 0.0807. The molecule has 0 N–H and O–H groups in total. The lowest BCUT2D eigenvalue weighted by molar-refractivity contribution is -0.143. The predicted octanol–water partition coefficient (Wildman–Crippen LogP) is 14.0. The van der Waals surface area contributed by atoms with Crippen LogP contribution in [0.3, 0.4) is 0 Å². The fourth-order valence-electron chi connectivity index (χ4n) is 6.98. The Labute approximate surface area is 306 Å². The Bertz CT molecular complexity index is 2610. The minimum Gasteiger partial charge on any atom is -0.309 e. The van der Waals surface area contributed by atoms with E-state index in [1.165, 1.54) is 42.5 Å². The molecule has 0 aliphatic heterocycles. The molecular formula is C44H23F10N. The van der Waals surface area contributed by atoms with Crippen LogP contribution in [0.2, 0.25) is 0 Å². The monoisotopic (exact) mass is 755 g/mol. The number of hydrogen-bond acceptors (Lipinski definition) is 0. The summed E-state index contributed by atoms with van der Waals surface area (Å²) in [5.41, 5.74) is 1.33. The third kappa shape index (κ3) is 6.82. The second-order valence-corrected chi connectivity index (χ2v) is 13.0. The maximum atomic E-state index is 14.3. The molecule has 0 aliphatic rings. The fourth-order valence-corrected chi connectivity index (χ4v) is 6.98. The van der Waals surface area contributed by atoms with Gasteiger partial charge in [-0.2, -0.15) is 26.3 Å². The highest BCUT2D eigenvalue weighted by molar-refractivity contribution is 6.12. The molecule has 0 saturated carbocycles. The van der Waals surface area contributed by atoms with Crippen molar-refractivity contribution in [3.8, 4) is 50.2 Å². The topological polar surface area (TPSA) is 4.93 Å². The number of aromatic nitrogens is 1. The highest BCUT2D eigenvalue weighted by Gasteiger charge is 2.37. The highest BCUT2D eigenvalue weighted by Crippen LogP contribution is 2.42. The quantitative estimate of drug-likeness (QED) is 0.154. The van der Waals surface area contributed by atoms with Gasteiger partial charge in [0, 0.05) is 28.5 Å². The van der Waals surface area contributed by atoms with E-state index in [1.54, 1.807) is 66.7 Å². The van der Waals surface area contributed by atoms with Gasteiger partial charge in [0.2, 0.25) is 0 Å². The second kappa shape index (κ2) is 13.2. The molecule has 55 heavy (non-hydrogen) atoms. The average molecular weight is 756 g/mol. The van der Waals surface area contributed by atoms with Crippen LogP contribution in [0.4, 0.5) is 43.9 Å². The van der Waals surface area contributed by atoms with Crippen molar-refractivity contribution < 1.29 is 43.9 Å². The summed E-state index contributed by atoms with van der Waals surface area (Å²) >= 11 is 0. The van der Waals surface area contributed by atoms with Gasteiger partial charge in [-0.1, -0.05) is 48.5 Å². The lowest BCUT2D eigenvalue weighted by atomic mass is 9.95.